The Hall–Kier alpha value is -1.79. The van der Waals surface area contributed by atoms with Crippen molar-refractivity contribution in [3.8, 4) is 0 Å². The molecule has 0 aliphatic carbocycles. The predicted octanol–water partition coefficient (Wildman–Crippen LogP) is 2.86. The fourth-order valence-electron chi connectivity index (χ4n) is 1.46. The molecule has 0 heterocycles. The molecule has 0 unspecified atom stereocenters. The number of halogens is 2. The van der Waals surface area contributed by atoms with Crippen LogP contribution >= 0.6 is 11.6 Å². The molecule has 4 nitrogen and oxygen atoms in total. The zero-order valence-electron chi connectivity index (χ0n) is 9.60. The highest BCUT2D eigenvalue weighted by Gasteiger charge is 2.15. The molecule has 0 radical (unpaired) electrons. The van der Waals surface area contributed by atoms with Crippen molar-refractivity contribution in [3.63, 3.8) is 0 Å². The second-order valence-electron chi connectivity index (χ2n) is 3.80. The second-order valence-corrected chi connectivity index (χ2v) is 5.89. The van der Waals surface area contributed by atoms with E-state index in [-0.39, 0.29) is 16.3 Å². The lowest BCUT2D eigenvalue weighted by Gasteiger charge is -2.09. The van der Waals surface area contributed by atoms with Gasteiger partial charge in [-0.1, -0.05) is 17.7 Å². The number of nitrogen functional groups attached to an aromatic ring is 1. The molecule has 0 aliphatic rings. The maximum atomic E-state index is 13.0. The molecule has 0 bridgehead atoms. The zero-order valence-corrected chi connectivity index (χ0v) is 11.2. The maximum Gasteiger partial charge on any atom is 0.261 e. The van der Waals surface area contributed by atoms with Crippen LogP contribution in [0.5, 0.6) is 0 Å². The van der Waals surface area contributed by atoms with Crippen LogP contribution in [0.15, 0.2) is 47.4 Å². The lowest BCUT2D eigenvalue weighted by atomic mass is 10.3. The number of benzene rings is 2. The first-order chi connectivity index (χ1) is 8.88. The van der Waals surface area contributed by atoms with Crippen molar-refractivity contribution < 1.29 is 12.8 Å². The topological polar surface area (TPSA) is 72.2 Å². The number of hydrogen-bond acceptors (Lipinski definition) is 3. The van der Waals surface area contributed by atoms with Crippen molar-refractivity contribution in [2.45, 2.75) is 4.90 Å². The van der Waals surface area contributed by atoms with Crippen LogP contribution in [-0.2, 0) is 10.0 Å². The third kappa shape index (κ3) is 3.15. The molecular weight excluding hydrogens is 291 g/mol. The minimum Gasteiger partial charge on any atom is -0.397 e. The molecular formula is C12H10ClFN2O2S. The second kappa shape index (κ2) is 5.07. The lowest BCUT2D eigenvalue weighted by Crippen LogP contribution is -2.13. The minimum absolute atomic E-state index is 0.166. The highest BCUT2D eigenvalue weighted by atomic mass is 35.5. The van der Waals surface area contributed by atoms with E-state index < -0.39 is 15.8 Å². The largest absolute Gasteiger partial charge is 0.397 e. The molecule has 0 saturated heterocycles. The van der Waals surface area contributed by atoms with E-state index in [0.717, 1.165) is 6.07 Å². The van der Waals surface area contributed by atoms with Gasteiger partial charge in [0.1, 0.15) is 5.82 Å². The van der Waals surface area contributed by atoms with Gasteiger partial charge >= 0.3 is 0 Å². The lowest BCUT2D eigenvalue weighted by molar-refractivity contribution is 0.595. The van der Waals surface area contributed by atoms with Crippen LogP contribution in [0.4, 0.5) is 15.8 Å². The number of sulfonamides is 1. The van der Waals surface area contributed by atoms with Gasteiger partial charge in [0.25, 0.3) is 10.0 Å². The molecule has 0 spiro atoms. The molecule has 0 amide bonds. The summed E-state index contributed by atoms with van der Waals surface area (Å²) in [5.74, 6) is -0.626. The number of nitrogens with two attached hydrogens (primary N) is 1. The van der Waals surface area contributed by atoms with Crippen LogP contribution < -0.4 is 10.5 Å². The fraction of sp³-hybridized carbons (Fsp3) is 0. The first-order valence-corrected chi connectivity index (χ1v) is 7.08. The van der Waals surface area contributed by atoms with Crippen LogP contribution in [0, 0.1) is 5.82 Å². The smallest absolute Gasteiger partial charge is 0.261 e. The van der Waals surface area contributed by atoms with Gasteiger partial charge in [-0.25, -0.2) is 12.8 Å². The van der Waals surface area contributed by atoms with Gasteiger partial charge < -0.3 is 5.73 Å². The molecule has 3 N–H and O–H groups in total. The number of hydrogen-bond donors (Lipinski definition) is 2. The third-order valence-electron chi connectivity index (χ3n) is 2.35. The van der Waals surface area contributed by atoms with Gasteiger partial charge in [-0.3, -0.25) is 4.72 Å². The van der Waals surface area contributed by atoms with Gasteiger partial charge in [-0.05, 0) is 36.4 Å². The number of rotatable bonds is 3. The van der Waals surface area contributed by atoms with E-state index in [9.17, 15) is 12.8 Å². The number of nitrogens with one attached hydrogen (secondary N) is 1. The summed E-state index contributed by atoms with van der Waals surface area (Å²) in [5.41, 5.74) is 6.08. The molecule has 100 valence electrons. The van der Waals surface area contributed by atoms with Crippen LogP contribution in [0.3, 0.4) is 0 Å². The summed E-state index contributed by atoms with van der Waals surface area (Å²) in [6, 6.07) is 9.04. The highest BCUT2D eigenvalue weighted by molar-refractivity contribution is 7.92. The SMILES string of the molecule is Nc1cc(NS(=O)(=O)c2cccc(F)c2)ccc1Cl. The van der Waals surface area contributed by atoms with Crippen LogP contribution in [0.1, 0.15) is 0 Å². The summed E-state index contributed by atoms with van der Waals surface area (Å²) in [5, 5.41) is 0.328. The Balaban J connectivity index is 2.33. The normalized spacial score (nSPS) is 11.3. The molecule has 0 saturated carbocycles. The van der Waals surface area contributed by atoms with E-state index in [1.807, 2.05) is 0 Å². The van der Waals surface area contributed by atoms with Crippen molar-refractivity contribution in [3.05, 3.63) is 53.3 Å². The third-order valence-corrected chi connectivity index (χ3v) is 4.08. The number of anilines is 2. The Morgan fingerprint density at radius 2 is 1.89 bits per heavy atom. The molecule has 2 aromatic carbocycles. The molecule has 0 aliphatic heterocycles. The summed E-state index contributed by atoms with van der Waals surface area (Å²) in [6.07, 6.45) is 0. The summed E-state index contributed by atoms with van der Waals surface area (Å²) < 4.78 is 39.3. The first kappa shape index (κ1) is 13.6. The molecule has 7 heteroatoms. The van der Waals surface area contributed by atoms with Crippen molar-refractivity contribution in [1.82, 2.24) is 0 Å². The summed E-state index contributed by atoms with van der Waals surface area (Å²) >= 11 is 5.74. The molecule has 0 atom stereocenters. The minimum atomic E-state index is -3.85. The Bertz CT molecular complexity index is 719. The summed E-state index contributed by atoms with van der Waals surface area (Å²) in [7, 11) is -3.85. The van der Waals surface area contributed by atoms with E-state index in [2.05, 4.69) is 4.72 Å². The summed E-state index contributed by atoms with van der Waals surface area (Å²) in [4.78, 5) is -0.166. The van der Waals surface area contributed by atoms with Gasteiger partial charge in [-0.2, -0.15) is 0 Å². The van der Waals surface area contributed by atoms with E-state index in [1.54, 1.807) is 0 Å². The maximum absolute atomic E-state index is 13.0. The highest BCUT2D eigenvalue weighted by Crippen LogP contribution is 2.24. The van der Waals surface area contributed by atoms with E-state index >= 15 is 0 Å². The average molecular weight is 301 g/mol. The van der Waals surface area contributed by atoms with Crippen LogP contribution in [0.25, 0.3) is 0 Å². The monoisotopic (exact) mass is 300 g/mol. The summed E-state index contributed by atoms with van der Waals surface area (Å²) in [6.45, 7) is 0. The van der Waals surface area contributed by atoms with Gasteiger partial charge in [-0.15, -0.1) is 0 Å². The molecule has 2 rings (SSSR count). The van der Waals surface area contributed by atoms with Crippen LogP contribution in [-0.4, -0.2) is 8.42 Å². The van der Waals surface area contributed by atoms with Gasteiger partial charge in [0.15, 0.2) is 0 Å². The van der Waals surface area contributed by atoms with Crippen LogP contribution in [0.2, 0.25) is 5.02 Å². The Morgan fingerprint density at radius 3 is 2.53 bits per heavy atom. The van der Waals surface area contributed by atoms with E-state index in [1.165, 1.54) is 36.4 Å². The molecule has 2 aromatic rings. The quantitative estimate of drug-likeness (QED) is 0.856. The molecule has 0 aromatic heterocycles. The Labute approximate surface area is 115 Å². The first-order valence-electron chi connectivity index (χ1n) is 5.22. The molecule has 0 fully saturated rings. The van der Waals surface area contributed by atoms with Gasteiger partial charge in [0.2, 0.25) is 0 Å². The Kier molecular flexibility index (Phi) is 3.64. The van der Waals surface area contributed by atoms with Gasteiger partial charge in [0.05, 0.1) is 21.3 Å². The van der Waals surface area contributed by atoms with Crippen molar-refractivity contribution in [2.24, 2.45) is 0 Å². The van der Waals surface area contributed by atoms with Crippen molar-refractivity contribution in [2.75, 3.05) is 10.5 Å². The van der Waals surface area contributed by atoms with E-state index in [0.29, 0.717) is 5.02 Å². The zero-order chi connectivity index (χ0) is 14.0. The fourth-order valence-corrected chi connectivity index (χ4v) is 2.65. The standard InChI is InChI=1S/C12H10ClFN2O2S/c13-11-5-4-9(7-12(11)15)16-19(17,18)10-3-1-2-8(14)6-10/h1-7,16H,15H2. The Morgan fingerprint density at radius 1 is 1.16 bits per heavy atom. The van der Waals surface area contributed by atoms with Gasteiger partial charge in [0, 0.05) is 0 Å². The molecule has 19 heavy (non-hydrogen) atoms. The van der Waals surface area contributed by atoms with E-state index in [4.69, 9.17) is 17.3 Å². The average Bonchev–Trinajstić information content (AvgIpc) is 2.33. The predicted molar refractivity (Wildman–Crippen MR) is 73.1 cm³/mol. The van der Waals surface area contributed by atoms with Crippen molar-refractivity contribution in [1.29, 1.82) is 0 Å². The van der Waals surface area contributed by atoms with Crippen molar-refractivity contribution >= 4 is 33.0 Å².